The first-order valence-electron chi connectivity index (χ1n) is 5.62. The maximum Gasteiger partial charge on any atom is 0.0550 e. The first kappa shape index (κ1) is 11.4. The number of nitrogens with one attached hydrogen (secondary N) is 1. The summed E-state index contributed by atoms with van der Waals surface area (Å²) < 4.78 is 0. The third-order valence-electron chi connectivity index (χ3n) is 3.40. The molecule has 0 spiro atoms. The van der Waals surface area contributed by atoms with Gasteiger partial charge in [0.2, 0.25) is 0 Å². The van der Waals surface area contributed by atoms with E-state index < -0.39 is 0 Å². The highest BCUT2D eigenvalue weighted by molar-refractivity contribution is 7.10. The summed E-state index contributed by atoms with van der Waals surface area (Å²) in [6.07, 6.45) is 3.75. The van der Waals surface area contributed by atoms with Gasteiger partial charge >= 0.3 is 0 Å². The normalized spacial score (nSPS) is 31.0. The molecule has 15 heavy (non-hydrogen) atoms. The molecule has 1 aliphatic rings. The van der Waals surface area contributed by atoms with Crippen molar-refractivity contribution in [3.05, 3.63) is 21.3 Å². The van der Waals surface area contributed by atoms with Crippen LogP contribution in [0.5, 0.6) is 0 Å². The predicted molar refractivity (Wildman–Crippen MR) is 68.0 cm³/mol. The highest BCUT2D eigenvalue weighted by Gasteiger charge is 2.38. The van der Waals surface area contributed by atoms with Crippen molar-refractivity contribution >= 4 is 22.9 Å². The molecule has 0 aromatic carbocycles. The minimum absolute atomic E-state index is 0.304. The van der Waals surface area contributed by atoms with Crippen molar-refractivity contribution in [2.75, 3.05) is 6.54 Å². The third kappa shape index (κ3) is 2.22. The van der Waals surface area contributed by atoms with E-state index in [1.165, 1.54) is 24.1 Å². The first-order valence-corrected chi connectivity index (χ1v) is 6.88. The average Bonchev–Trinajstić information content (AvgIpc) is 2.75. The number of hydrogen-bond acceptors (Lipinski definition) is 2. The molecule has 1 aliphatic carbocycles. The molecule has 1 nitrogen and oxygen atoms in total. The van der Waals surface area contributed by atoms with Crippen molar-refractivity contribution < 1.29 is 0 Å². The first-order chi connectivity index (χ1) is 7.15. The zero-order valence-corrected chi connectivity index (χ0v) is 10.9. The van der Waals surface area contributed by atoms with Crippen LogP contribution in [0.15, 0.2) is 11.4 Å². The van der Waals surface area contributed by atoms with Gasteiger partial charge in [-0.1, -0.05) is 25.4 Å². The van der Waals surface area contributed by atoms with Crippen molar-refractivity contribution in [1.82, 2.24) is 5.32 Å². The predicted octanol–water partition coefficient (Wildman–Crippen LogP) is 3.82. The van der Waals surface area contributed by atoms with E-state index in [-0.39, 0.29) is 0 Å². The molecule has 1 fully saturated rings. The van der Waals surface area contributed by atoms with Gasteiger partial charge < -0.3 is 5.32 Å². The van der Waals surface area contributed by atoms with E-state index in [9.17, 15) is 0 Å². The van der Waals surface area contributed by atoms with Crippen molar-refractivity contribution in [2.24, 2.45) is 0 Å². The van der Waals surface area contributed by atoms with E-state index in [2.05, 4.69) is 24.5 Å². The second-order valence-corrected chi connectivity index (χ2v) is 5.98. The molecular weight excluding hydrogens is 226 g/mol. The summed E-state index contributed by atoms with van der Waals surface area (Å²) in [6, 6.07) is 2.70. The molecule has 0 saturated heterocycles. The second kappa shape index (κ2) is 4.44. The Bertz CT molecular complexity index is 336. The summed E-state index contributed by atoms with van der Waals surface area (Å²) in [5, 5.41) is 6.60. The molecule has 0 radical (unpaired) electrons. The Labute approximate surface area is 101 Å². The molecule has 1 N–H and O–H groups in total. The van der Waals surface area contributed by atoms with E-state index >= 15 is 0 Å². The maximum atomic E-state index is 6.22. The van der Waals surface area contributed by atoms with Gasteiger partial charge in [0.1, 0.15) is 0 Å². The molecule has 0 aliphatic heterocycles. The van der Waals surface area contributed by atoms with E-state index in [1.54, 1.807) is 11.3 Å². The van der Waals surface area contributed by atoms with Gasteiger partial charge in [0.05, 0.1) is 5.02 Å². The molecule has 1 saturated carbocycles. The summed E-state index contributed by atoms with van der Waals surface area (Å²) in [5.74, 6) is 0. The molecule has 2 unspecified atom stereocenters. The van der Waals surface area contributed by atoms with Gasteiger partial charge in [-0.05, 0) is 37.3 Å². The van der Waals surface area contributed by atoms with E-state index in [1.807, 2.05) is 6.07 Å². The van der Waals surface area contributed by atoms with Crippen LogP contribution in [0.2, 0.25) is 5.02 Å². The van der Waals surface area contributed by atoms with Crippen LogP contribution in [-0.2, 0) is 5.41 Å². The average molecular weight is 244 g/mol. The van der Waals surface area contributed by atoms with E-state index in [0.717, 1.165) is 11.6 Å². The Morgan fingerprint density at radius 1 is 1.67 bits per heavy atom. The minimum atomic E-state index is 0.304. The van der Waals surface area contributed by atoms with Gasteiger partial charge in [0.25, 0.3) is 0 Å². The Morgan fingerprint density at radius 3 is 3.07 bits per heavy atom. The van der Waals surface area contributed by atoms with Crippen LogP contribution in [0.25, 0.3) is 0 Å². The molecule has 1 aromatic rings. The molecular formula is C12H18ClNS. The van der Waals surface area contributed by atoms with Gasteiger partial charge in [-0.2, -0.15) is 0 Å². The fourth-order valence-electron chi connectivity index (χ4n) is 2.63. The quantitative estimate of drug-likeness (QED) is 0.851. The van der Waals surface area contributed by atoms with Gasteiger partial charge in [-0.3, -0.25) is 0 Å². The summed E-state index contributed by atoms with van der Waals surface area (Å²) >= 11 is 8.03. The Balaban J connectivity index is 2.13. The molecule has 1 aromatic heterocycles. The standard InChI is InChI=1S/C12H18ClNS/c1-3-14-9-4-6-12(2,8-9)11-10(13)5-7-15-11/h5,7,9,14H,3-4,6,8H2,1-2H3. The minimum Gasteiger partial charge on any atom is -0.314 e. The van der Waals surface area contributed by atoms with Crippen LogP contribution >= 0.6 is 22.9 Å². The summed E-state index contributed by atoms with van der Waals surface area (Å²) in [4.78, 5) is 1.38. The molecule has 1 heterocycles. The lowest BCUT2D eigenvalue weighted by Crippen LogP contribution is -2.28. The van der Waals surface area contributed by atoms with Crippen LogP contribution in [-0.4, -0.2) is 12.6 Å². The van der Waals surface area contributed by atoms with E-state index in [4.69, 9.17) is 11.6 Å². The van der Waals surface area contributed by atoms with Gasteiger partial charge in [-0.15, -0.1) is 11.3 Å². The molecule has 3 heteroatoms. The lowest BCUT2D eigenvalue weighted by molar-refractivity contribution is 0.465. The lowest BCUT2D eigenvalue weighted by atomic mass is 9.87. The number of rotatable bonds is 3. The highest BCUT2D eigenvalue weighted by atomic mass is 35.5. The number of thiophene rings is 1. The van der Waals surface area contributed by atoms with Gasteiger partial charge in [0.15, 0.2) is 0 Å². The summed E-state index contributed by atoms with van der Waals surface area (Å²) in [5.41, 5.74) is 0.304. The largest absolute Gasteiger partial charge is 0.314 e. The lowest BCUT2D eigenvalue weighted by Gasteiger charge is -2.23. The van der Waals surface area contributed by atoms with Crippen LogP contribution in [0.4, 0.5) is 0 Å². The second-order valence-electron chi connectivity index (χ2n) is 4.66. The monoisotopic (exact) mass is 243 g/mol. The van der Waals surface area contributed by atoms with Gasteiger partial charge in [-0.25, -0.2) is 0 Å². The summed E-state index contributed by atoms with van der Waals surface area (Å²) in [6.45, 7) is 5.59. The van der Waals surface area contributed by atoms with Crippen molar-refractivity contribution in [3.63, 3.8) is 0 Å². The Kier molecular flexibility index (Phi) is 3.39. The summed E-state index contributed by atoms with van der Waals surface area (Å²) in [7, 11) is 0. The van der Waals surface area contributed by atoms with Crippen molar-refractivity contribution in [1.29, 1.82) is 0 Å². The molecule has 2 rings (SSSR count). The molecule has 84 valence electrons. The Morgan fingerprint density at radius 2 is 2.47 bits per heavy atom. The third-order valence-corrected chi connectivity index (χ3v) is 5.05. The molecule has 0 amide bonds. The van der Waals surface area contributed by atoms with Crippen LogP contribution in [0.3, 0.4) is 0 Å². The van der Waals surface area contributed by atoms with Crippen molar-refractivity contribution in [3.8, 4) is 0 Å². The molecule has 2 atom stereocenters. The fraction of sp³-hybridized carbons (Fsp3) is 0.667. The topological polar surface area (TPSA) is 12.0 Å². The maximum absolute atomic E-state index is 6.22. The molecule has 0 bridgehead atoms. The van der Waals surface area contributed by atoms with Gasteiger partial charge in [0, 0.05) is 16.3 Å². The van der Waals surface area contributed by atoms with E-state index in [0.29, 0.717) is 11.5 Å². The SMILES string of the molecule is CCNC1CCC(C)(c2sccc2Cl)C1. The smallest absolute Gasteiger partial charge is 0.0550 e. The van der Waals surface area contributed by atoms with Crippen LogP contribution in [0.1, 0.15) is 38.0 Å². The zero-order chi connectivity index (χ0) is 10.9. The number of halogens is 1. The highest BCUT2D eigenvalue weighted by Crippen LogP contribution is 2.45. The Hall–Kier alpha value is -0.0500. The van der Waals surface area contributed by atoms with Crippen LogP contribution in [0, 0.1) is 0 Å². The van der Waals surface area contributed by atoms with Crippen LogP contribution < -0.4 is 5.32 Å². The zero-order valence-electron chi connectivity index (χ0n) is 9.35. The fourth-order valence-corrected chi connectivity index (χ4v) is 4.12. The van der Waals surface area contributed by atoms with Crippen molar-refractivity contribution in [2.45, 2.75) is 44.6 Å². The number of hydrogen-bond donors (Lipinski definition) is 1.